The number of hydrogen-bond acceptors (Lipinski definition) is 3. The minimum absolute atomic E-state index is 0.00521. The summed E-state index contributed by atoms with van der Waals surface area (Å²) in [5, 5.41) is 11.9. The number of nitrogens with one attached hydrogen (secondary N) is 1. The summed E-state index contributed by atoms with van der Waals surface area (Å²) in [4.78, 5) is 12.0. The number of carbonyl (C=O) groups excluding carboxylic acids is 1. The summed E-state index contributed by atoms with van der Waals surface area (Å²) < 4.78 is 5.44. The molecule has 0 aliphatic rings. The van der Waals surface area contributed by atoms with Gasteiger partial charge in [0.25, 0.3) is 0 Å². The molecular weight excluding hydrogens is 290 g/mol. The monoisotopic (exact) mass is 313 g/mol. The molecule has 2 aromatic carbocycles. The van der Waals surface area contributed by atoms with E-state index in [2.05, 4.69) is 5.32 Å². The van der Waals surface area contributed by atoms with Gasteiger partial charge in [-0.15, -0.1) is 0 Å². The Morgan fingerprint density at radius 1 is 1.09 bits per heavy atom. The topological polar surface area (TPSA) is 58.6 Å². The van der Waals surface area contributed by atoms with Crippen molar-refractivity contribution in [2.24, 2.45) is 0 Å². The van der Waals surface area contributed by atoms with E-state index < -0.39 is 0 Å². The number of carbonyl (C=O) groups is 1. The standard InChI is InChI=1S/C19H23NO3/c1-2-23-18-5-3-4-17(12-18)13-19(22)20-11-10-15-6-8-16(14-21)9-7-15/h3-9,12,21H,2,10-11,13-14H2,1H3,(H,20,22). The fraction of sp³-hybridized carbons (Fsp3) is 0.316. The van der Waals surface area contributed by atoms with Crippen molar-refractivity contribution in [1.29, 1.82) is 0 Å². The van der Waals surface area contributed by atoms with Crippen molar-refractivity contribution in [3.8, 4) is 5.75 Å². The maximum absolute atomic E-state index is 12.0. The fourth-order valence-electron chi connectivity index (χ4n) is 2.32. The molecule has 0 heterocycles. The Hall–Kier alpha value is -2.33. The lowest BCUT2D eigenvalue weighted by molar-refractivity contribution is -0.120. The predicted octanol–water partition coefficient (Wildman–Crippen LogP) is 2.48. The molecule has 2 N–H and O–H groups in total. The molecule has 2 rings (SSSR count). The molecular formula is C19H23NO3. The summed E-state index contributed by atoms with van der Waals surface area (Å²) in [6.45, 7) is 3.21. The van der Waals surface area contributed by atoms with Crippen LogP contribution in [0, 0.1) is 0 Å². The summed E-state index contributed by atoms with van der Waals surface area (Å²) >= 11 is 0. The van der Waals surface area contributed by atoms with Gasteiger partial charge in [0, 0.05) is 6.54 Å². The van der Waals surface area contributed by atoms with E-state index in [4.69, 9.17) is 9.84 Å². The van der Waals surface area contributed by atoms with Gasteiger partial charge in [-0.05, 0) is 42.2 Å². The first-order chi connectivity index (χ1) is 11.2. The summed E-state index contributed by atoms with van der Waals surface area (Å²) in [7, 11) is 0. The Morgan fingerprint density at radius 2 is 1.83 bits per heavy atom. The average Bonchev–Trinajstić information content (AvgIpc) is 2.56. The van der Waals surface area contributed by atoms with Crippen molar-refractivity contribution >= 4 is 5.91 Å². The quantitative estimate of drug-likeness (QED) is 0.787. The van der Waals surface area contributed by atoms with Crippen molar-refractivity contribution in [2.45, 2.75) is 26.4 Å². The molecule has 0 radical (unpaired) electrons. The first kappa shape index (κ1) is 17.0. The van der Waals surface area contributed by atoms with Crippen LogP contribution in [0.1, 0.15) is 23.6 Å². The third-order valence-electron chi connectivity index (χ3n) is 3.52. The smallest absolute Gasteiger partial charge is 0.224 e. The van der Waals surface area contributed by atoms with Crippen LogP contribution in [0.4, 0.5) is 0 Å². The van der Waals surface area contributed by atoms with Gasteiger partial charge in [-0.3, -0.25) is 4.79 Å². The number of rotatable bonds is 8. The normalized spacial score (nSPS) is 10.3. The van der Waals surface area contributed by atoms with Crippen molar-refractivity contribution in [3.63, 3.8) is 0 Å². The lowest BCUT2D eigenvalue weighted by Crippen LogP contribution is -2.27. The van der Waals surface area contributed by atoms with Crippen molar-refractivity contribution in [3.05, 3.63) is 65.2 Å². The van der Waals surface area contributed by atoms with E-state index >= 15 is 0 Å². The molecule has 0 fully saturated rings. The van der Waals surface area contributed by atoms with Gasteiger partial charge < -0.3 is 15.2 Å². The zero-order valence-electron chi connectivity index (χ0n) is 13.4. The molecule has 4 heteroatoms. The van der Waals surface area contributed by atoms with Gasteiger partial charge in [0.15, 0.2) is 0 Å². The summed E-state index contributed by atoms with van der Waals surface area (Å²) in [6.07, 6.45) is 1.13. The minimum Gasteiger partial charge on any atom is -0.494 e. The number of hydrogen-bond donors (Lipinski definition) is 2. The zero-order chi connectivity index (χ0) is 16.5. The molecule has 0 unspecified atom stereocenters. The molecule has 122 valence electrons. The van der Waals surface area contributed by atoms with E-state index in [9.17, 15) is 4.79 Å². The Kier molecular flexibility index (Phi) is 6.63. The van der Waals surface area contributed by atoms with E-state index in [-0.39, 0.29) is 12.5 Å². The lowest BCUT2D eigenvalue weighted by Gasteiger charge is -2.08. The number of ether oxygens (including phenoxy) is 1. The van der Waals surface area contributed by atoms with Gasteiger partial charge in [0.1, 0.15) is 5.75 Å². The second-order valence-electron chi connectivity index (χ2n) is 5.33. The van der Waals surface area contributed by atoms with Crippen molar-refractivity contribution in [2.75, 3.05) is 13.2 Å². The molecule has 0 saturated heterocycles. The van der Waals surface area contributed by atoms with Crippen LogP contribution >= 0.6 is 0 Å². The molecule has 0 aromatic heterocycles. The highest BCUT2D eigenvalue weighted by Crippen LogP contribution is 2.13. The zero-order valence-corrected chi connectivity index (χ0v) is 13.4. The Bertz CT molecular complexity index is 623. The van der Waals surface area contributed by atoms with Crippen molar-refractivity contribution in [1.82, 2.24) is 5.32 Å². The Balaban J connectivity index is 1.77. The van der Waals surface area contributed by atoms with Crippen LogP contribution in [0.3, 0.4) is 0 Å². The maximum atomic E-state index is 12.0. The number of benzene rings is 2. The third-order valence-corrected chi connectivity index (χ3v) is 3.52. The molecule has 0 spiro atoms. The van der Waals surface area contributed by atoms with Gasteiger partial charge in [-0.1, -0.05) is 36.4 Å². The van der Waals surface area contributed by atoms with Crippen LogP contribution in [-0.2, 0) is 24.2 Å². The predicted molar refractivity (Wildman–Crippen MR) is 90.4 cm³/mol. The lowest BCUT2D eigenvalue weighted by atomic mass is 10.1. The van der Waals surface area contributed by atoms with Crippen LogP contribution in [0.5, 0.6) is 5.75 Å². The number of aliphatic hydroxyl groups is 1. The highest BCUT2D eigenvalue weighted by Gasteiger charge is 2.04. The second kappa shape index (κ2) is 8.96. The van der Waals surface area contributed by atoms with E-state index in [0.717, 1.165) is 28.9 Å². The van der Waals surface area contributed by atoms with Crippen LogP contribution in [-0.4, -0.2) is 24.2 Å². The first-order valence-electron chi connectivity index (χ1n) is 7.88. The Labute approximate surface area is 137 Å². The second-order valence-corrected chi connectivity index (χ2v) is 5.33. The van der Waals surface area contributed by atoms with Gasteiger partial charge in [0.2, 0.25) is 5.91 Å². The van der Waals surface area contributed by atoms with E-state index in [0.29, 0.717) is 19.6 Å². The summed E-state index contributed by atoms with van der Waals surface area (Å²) in [5.74, 6) is 0.799. The highest BCUT2D eigenvalue weighted by atomic mass is 16.5. The van der Waals surface area contributed by atoms with E-state index in [1.807, 2.05) is 55.5 Å². The molecule has 0 atom stereocenters. The first-order valence-corrected chi connectivity index (χ1v) is 7.88. The van der Waals surface area contributed by atoms with Crippen molar-refractivity contribution < 1.29 is 14.6 Å². The third kappa shape index (κ3) is 5.75. The molecule has 0 saturated carbocycles. The van der Waals surface area contributed by atoms with Gasteiger partial charge >= 0.3 is 0 Å². The molecule has 0 aliphatic heterocycles. The number of aliphatic hydroxyl groups excluding tert-OH is 1. The van der Waals surface area contributed by atoms with Gasteiger partial charge in [-0.2, -0.15) is 0 Å². The highest BCUT2D eigenvalue weighted by molar-refractivity contribution is 5.78. The van der Waals surface area contributed by atoms with E-state index in [1.54, 1.807) is 0 Å². The maximum Gasteiger partial charge on any atom is 0.224 e. The summed E-state index contributed by atoms with van der Waals surface area (Å²) in [6, 6.07) is 15.4. The molecule has 2 aromatic rings. The fourth-order valence-corrected chi connectivity index (χ4v) is 2.32. The molecule has 1 amide bonds. The summed E-state index contributed by atoms with van der Waals surface area (Å²) in [5.41, 5.74) is 2.98. The van der Waals surface area contributed by atoms with Crippen LogP contribution in [0.25, 0.3) is 0 Å². The van der Waals surface area contributed by atoms with Gasteiger partial charge in [0.05, 0.1) is 19.6 Å². The Morgan fingerprint density at radius 3 is 2.52 bits per heavy atom. The van der Waals surface area contributed by atoms with Crippen LogP contribution < -0.4 is 10.1 Å². The SMILES string of the molecule is CCOc1cccc(CC(=O)NCCc2ccc(CO)cc2)c1. The molecule has 0 aliphatic carbocycles. The van der Waals surface area contributed by atoms with Crippen LogP contribution in [0.15, 0.2) is 48.5 Å². The van der Waals surface area contributed by atoms with Crippen LogP contribution in [0.2, 0.25) is 0 Å². The average molecular weight is 313 g/mol. The number of amides is 1. The largest absolute Gasteiger partial charge is 0.494 e. The van der Waals surface area contributed by atoms with E-state index in [1.165, 1.54) is 0 Å². The minimum atomic E-state index is 0.00521. The van der Waals surface area contributed by atoms with Gasteiger partial charge in [-0.25, -0.2) is 0 Å². The molecule has 4 nitrogen and oxygen atoms in total. The molecule has 23 heavy (non-hydrogen) atoms. The molecule has 0 bridgehead atoms.